The molecule has 0 spiro atoms. The summed E-state index contributed by atoms with van der Waals surface area (Å²) in [5.41, 5.74) is 6.41. The minimum Gasteiger partial charge on any atom is -0.325 e. The zero-order valence-corrected chi connectivity index (χ0v) is 13.9. The van der Waals surface area contributed by atoms with Gasteiger partial charge in [-0.1, -0.05) is 0 Å². The Morgan fingerprint density at radius 1 is 1.43 bits per heavy atom. The summed E-state index contributed by atoms with van der Waals surface area (Å²) in [6.45, 7) is 5.64. The Kier molecular flexibility index (Phi) is 4.82. The summed E-state index contributed by atoms with van der Waals surface area (Å²) < 4.78 is 27.6. The molecule has 0 radical (unpaired) electrons. The van der Waals surface area contributed by atoms with Crippen molar-refractivity contribution < 1.29 is 8.42 Å². The lowest BCUT2D eigenvalue weighted by Gasteiger charge is -2.13. The lowest BCUT2D eigenvalue weighted by Crippen LogP contribution is -2.34. The van der Waals surface area contributed by atoms with Gasteiger partial charge in [-0.15, -0.1) is 11.3 Å². The van der Waals surface area contributed by atoms with E-state index in [9.17, 15) is 8.42 Å². The maximum Gasteiger partial charge on any atom is 0.244 e. The van der Waals surface area contributed by atoms with Crippen LogP contribution in [0.4, 0.5) is 0 Å². The molecule has 1 atom stereocenters. The number of thiophene rings is 1. The van der Waals surface area contributed by atoms with Gasteiger partial charge in [-0.2, -0.15) is 5.10 Å². The molecule has 0 bridgehead atoms. The van der Waals surface area contributed by atoms with Gasteiger partial charge in [0.25, 0.3) is 0 Å². The summed E-state index contributed by atoms with van der Waals surface area (Å²) in [6, 6.07) is 3.86. The number of nitrogens with zero attached hydrogens (tertiary/aromatic N) is 1. The largest absolute Gasteiger partial charge is 0.325 e. The fourth-order valence-electron chi connectivity index (χ4n) is 2.23. The van der Waals surface area contributed by atoms with E-state index in [-0.39, 0.29) is 17.5 Å². The van der Waals surface area contributed by atoms with Gasteiger partial charge in [-0.05, 0) is 39.3 Å². The van der Waals surface area contributed by atoms with Gasteiger partial charge in [0.1, 0.15) is 4.90 Å². The van der Waals surface area contributed by atoms with E-state index in [2.05, 4.69) is 14.9 Å². The van der Waals surface area contributed by atoms with Crippen LogP contribution in [0.3, 0.4) is 0 Å². The normalized spacial score (nSPS) is 13.5. The Hall–Kier alpha value is -1.22. The van der Waals surface area contributed by atoms with Gasteiger partial charge >= 0.3 is 0 Å². The zero-order valence-electron chi connectivity index (χ0n) is 12.3. The highest BCUT2D eigenvalue weighted by Crippen LogP contribution is 2.20. The molecule has 1 unspecified atom stereocenters. The van der Waals surface area contributed by atoms with Gasteiger partial charge in [0.2, 0.25) is 10.0 Å². The molecule has 116 valence electrons. The van der Waals surface area contributed by atoms with E-state index in [0.29, 0.717) is 17.8 Å². The third kappa shape index (κ3) is 3.70. The molecular formula is C13H20N4O2S2. The molecule has 0 saturated heterocycles. The van der Waals surface area contributed by atoms with E-state index < -0.39 is 10.0 Å². The van der Waals surface area contributed by atoms with Gasteiger partial charge in [0.05, 0.1) is 11.4 Å². The number of aromatic amines is 1. The Balaban J connectivity index is 2.15. The van der Waals surface area contributed by atoms with Crippen molar-refractivity contribution in [3.63, 3.8) is 0 Å². The fraction of sp³-hybridized carbons (Fsp3) is 0.462. The van der Waals surface area contributed by atoms with E-state index in [4.69, 9.17) is 5.73 Å². The predicted octanol–water partition coefficient (Wildman–Crippen LogP) is 1.46. The van der Waals surface area contributed by atoms with Crippen LogP contribution >= 0.6 is 11.3 Å². The average Bonchev–Trinajstić information content (AvgIpc) is 2.94. The van der Waals surface area contributed by atoms with Crippen molar-refractivity contribution in [2.24, 2.45) is 5.73 Å². The molecule has 0 aliphatic heterocycles. The van der Waals surface area contributed by atoms with Crippen LogP contribution in [-0.4, -0.2) is 24.7 Å². The smallest absolute Gasteiger partial charge is 0.244 e. The quantitative estimate of drug-likeness (QED) is 0.747. The molecule has 2 aromatic rings. The second kappa shape index (κ2) is 6.27. The third-order valence-corrected chi connectivity index (χ3v) is 5.90. The van der Waals surface area contributed by atoms with Crippen LogP contribution in [0.5, 0.6) is 0 Å². The Morgan fingerprint density at radius 2 is 2.14 bits per heavy atom. The topological polar surface area (TPSA) is 101 Å². The molecule has 2 rings (SSSR count). The van der Waals surface area contributed by atoms with Crippen molar-refractivity contribution in [3.8, 4) is 0 Å². The summed E-state index contributed by atoms with van der Waals surface area (Å²) in [5, 5.41) is 6.60. The van der Waals surface area contributed by atoms with Crippen LogP contribution in [0.15, 0.2) is 17.0 Å². The number of aryl methyl sites for hydroxylation is 2. The van der Waals surface area contributed by atoms with Crippen molar-refractivity contribution in [3.05, 3.63) is 33.3 Å². The standard InChI is InChI=1S/C13H20N4O2S2/c1-8(6-11-5-4-9(2)20-11)17-21(18,19)13-10(3)15-16-12(13)7-14/h4-5,8,17H,6-7,14H2,1-3H3,(H,15,16). The fourth-order valence-corrected chi connectivity index (χ4v) is 4.86. The second-order valence-corrected chi connectivity index (χ2v) is 8.09. The predicted molar refractivity (Wildman–Crippen MR) is 83.8 cm³/mol. The van der Waals surface area contributed by atoms with Gasteiger partial charge in [-0.25, -0.2) is 13.1 Å². The van der Waals surface area contributed by atoms with Crippen LogP contribution in [0.2, 0.25) is 0 Å². The Labute approximate surface area is 128 Å². The van der Waals surface area contributed by atoms with Crippen LogP contribution in [-0.2, 0) is 23.0 Å². The van der Waals surface area contributed by atoms with Crippen molar-refractivity contribution in [2.75, 3.05) is 0 Å². The number of hydrogen-bond donors (Lipinski definition) is 3. The number of hydrogen-bond acceptors (Lipinski definition) is 5. The van der Waals surface area contributed by atoms with Gasteiger partial charge in [-0.3, -0.25) is 5.10 Å². The first kappa shape index (κ1) is 16.2. The molecule has 0 amide bonds. The molecule has 4 N–H and O–H groups in total. The number of nitrogens with two attached hydrogens (primary N) is 1. The first-order valence-electron chi connectivity index (χ1n) is 6.65. The summed E-state index contributed by atoms with van der Waals surface area (Å²) >= 11 is 1.68. The summed E-state index contributed by atoms with van der Waals surface area (Å²) in [5.74, 6) is 0. The Morgan fingerprint density at radius 3 is 2.71 bits per heavy atom. The molecule has 6 nitrogen and oxygen atoms in total. The highest BCUT2D eigenvalue weighted by molar-refractivity contribution is 7.89. The van der Waals surface area contributed by atoms with E-state index in [1.807, 2.05) is 26.0 Å². The number of nitrogens with one attached hydrogen (secondary N) is 2. The van der Waals surface area contributed by atoms with Crippen molar-refractivity contribution >= 4 is 21.4 Å². The lowest BCUT2D eigenvalue weighted by atomic mass is 10.2. The van der Waals surface area contributed by atoms with Crippen LogP contribution in [0.1, 0.15) is 28.1 Å². The van der Waals surface area contributed by atoms with Crippen LogP contribution in [0, 0.1) is 13.8 Å². The van der Waals surface area contributed by atoms with Crippen LogP contribution in [0.25, 0.3) is 0 Å². The molecule has 21 heavy (non-hydrogen) atoms. The number of rotatable bonds is 6. The van der Waals surface area contributed by atoms with E-state index in [1.54, 1.807) is 18.3 Å². The summed E-state index contributed by atoms with van der Waals surface area (Å²) in [4.78, 5) is 2.54. The molecule has 0 aliphatic carbocycles. The minimum atomic E-state index is -3.62. The maximum absolute atomic E-state index is 12.5. The highest BCUT2D eigenvalue weighted by atomic mass is 32.2. The van der Waals surface area contributed by atoms with E-state index in [0.717, 1.165) is 4.88 Å². The number of H-pyrrole nitrogens is 1. The monoisotopic (exact) mass is 328 g/mol. The van der Waals surface area contributed by atoms with Gasteiger partial charge < -0.3 is 5.73 Å². The molecule has 0 aliphatic rings. The van der Waals surface area contributed by atoms with Gasteiger partial charge in [0, 0.05) is 22.3 Å². The third-order valence-electron chi connectivity index (χ3n) is 3.08. The Bertz CT molecular complexity index is 718. The molecule has 0 aromatic carbocycles. The average molecular weight is 328 g/mol. The second-order valence-electron chi connectivity index (χ2n) is 5.07. The number of sulfonamides is 1. The van der Waals surface area contributed by atoms with Gasteiger partial charge in [0.15, 0.2) is 0 Å². The van der Waals surface area contributed by atoms with Crippen LogP contribution < -0.4 is 10.5 Å². The summed E-state index contributed by atoms with van der Waals surface area (Å²) in [6.07, 6.45) is 0.659. The van der Waals surface area contributed by atoms with Crippen molar-refractivity contribution in [1.82, 2.24) is 14.9 Å². The molecular weight excluding hydrogens is 308 g/mol. The van der Waals surface area contributed by atoms with E-state index >= 15 is 0 Å². The first-order chi connectivity index (χ1) is 9.83. The highest BCUT2D eigenvalue weighted by Gasteiger charge is 2.25. The van der Waals surface area contributed by atoms with Crippen molar-refractivity contribution in [1.29, 1.82) is 0 Å². The first-order valence-corrected chi connectivity index (χ1v) is 8.95. The number of aromatic nitrogens is 2. The maximum atomic E-state index is 12.5. The summed E-state index contributed by atoms with van der Waals surface area (Å²) in [7, 11) is -3.62. The van der Waals surface area contributed by atoms with Crippen molar-refractivity contribution in [2.45, 2.75) is 44.7 Å². The minimum absolute atomic E-state index is 0.0824. The SMILES string of the molecule is Cc1ccc(CC(C)NS(=O)(=O)c2c(CN)n[nH]c2C)s1. The molecule has 0 saturated carbocycles. The van der Waals surface area contributed by atoms with E-state index in [1.165, 1.54) is 4.88 Å². The molecule has 0 fully saturated rings. The molecule has 2 heterocycles. The zero-order chi connectivity index (χ0) is 15.6. The molecule has 8 heteroatoms. The molecule has 2 aromatic heterocycles. The lowest BCUT2D eigenvalue weighted by molar-refractivity contribution is 0.559.